The lowest BCUT2D eigenvalue weighted by atomic mass is 10.2. The van der Waals surface area contributed by atoms with Crippen LogP contribution in [0, 0.1) is 0 Å². The molecule has 3 N–H and O–H groups in total. The van der Waals surface area contributed by atoms with Crippen molar-refractivity contribution in [2.24, 2.45) is 0 Å². The Balaban J connectivity index is 2.24. The Morgan fingerprint density at radius 2 is 2.21 bits per heavy atom. The van der Waals surface area contributed by atoms with E-state index in [9.17, 15) is 4.79 Å². The summed E-state index contributed by atoms with van der Waals surface area (Å²) < 4.78 is 10.3. The molecule has 0 bridgehead atoms. The molecule has 19 heavy (non-hydrogen) atoms. The summed E-state index contributed by atoms with van der Waals surface area (Å²) in [6.07, 6.45) is 2.16. The quantitative estimate of drug-likeness (QED) is 0.828. The number of hydrogen-bond acceptors (Lipinski definition) is 4. The van der Waals surface area contributed by atoms with E-state index in [1.165, 1.54) is 6.26 Å². The minimum atomic E-state index is -0.245. The summed E-state index contributed by atoms with van der Waals surface area (Å²) in [5.74, 6) is 1.04. The second-order valence-electron chi connectivity index (χ2n) is 4.02. The smallest absolute Gasteiger partial charge is 0.259 e. The molecule has 5 nitrogen and oxygen atoms in total. The SMILES string of the molecule is CCc1occc1C(=O)Nc1cc(OC)ccc1N. The molecule has 0 saturated heterocycles. The van der Waals surface area contributed by atoms with Crippen molar-refractivity contribution in [1.82, 2.24) is 0 Å². The van der Waals surface area contributed by atoms with E-state index in [4.69, 9.17) is 14.9 Å². The minimum absolute atomic E-state index is 0.245. The Hall–Kier alpha value is -2.43. The van der Waals surface area contributed by atoms with E-state index in [2.05, 4.69) is 5.32 Å². The zero-order valence-electron chi connectivity index (χ0n) is 10.9. The van der Waals surface area contributed by atoms with Crippen molar-refractivity contribution in [3.8, 4) is 5.75 Å². The number of carbonyl (C=O) groups excluding carboxylic acids is 1. The summed E-state index contributed by atoms with van der Waals surface area (Å²) in [5, 5.41) is 2.76. The number of aryl methyl sites for hydroxylation is 1. The zero-order valence-corrected chi connectivity index (χ0v) is 10.9. The number of benzene rings is 1. The van der Waals surface area contributed by atoms with Gasteiger partial charge in [0.05, 0.1) is 30.3 Å². The first kappa shape index (κ1) is 13.0. The first-order chi connectivity index (χ1) is 9.15. The number of nitrogen functional groups attached to an aromatic ring is 1. The standard InChI is InChI=1S/C14H16N2O3/c1-3-13-10(6-7-19-13)14(17)16-12-8-9(18-2)4-5-11(12)15/h4-8H,3,15H2,1-2H3,(H,16,17). The molecule has 0 atom stereocenters. The van der Waals surface area contributed by atoms with E-state index in [0.29, 0.717) is 34.9 Å². The van der Waals surface area contributed by atoms with Crippen LogP contribution in [0.2, 0.25) is 0 Å². The fraction of sp³-hybridized carbons (Fsp3) is 0.214. The molecule has 0 spiro atoms. The topological polar surface area (TPSA) is 77.5 Å². The van der Waals surface area contributed by atoms with Crippen LogP contribution in [0.1, 0.15) is 23.0 Å². The largest absolute Gasteiger partial charge is 0.497 e. The number of carbonyl (C=O) groups is 1. The van der Waals surface area contributed by atoms with E-state index in [1.807, 2.05) is 6.92 Å². The van der Waals surface area contributed by atoms with Crippen LogP contribution in [0.3, 0.4) is 0 Å². The predicted octanol–water partition coefficient (Wildman–Crippen LogP) is 2.69. The number of nitrogens with two attached hydrogens (primary N) is 1. The summed E-state index contributed by atoms with van der Waals surface area (Å²) in [5.41, 5.74) is 7.34. The lowest BCUT2D eigenvalue weighted by molar-refractivity contribution is 0.102. The van der Waals surface area contributed by atoms with Gasteiger partial charge in [-0.1, -0.05) is 6.92 Å². The third kappa shape index (κ3) is 2.70. The number of rotatable bonds is 4. The van der Waals surface area contributed by atoms with Crippen LogP contribution in [0.15, 0.2) is 34.9 Å². The monoisotopic (exact) mass is 260 g/mol. The highest BCUT2D eigenvalue weighted by Crippen LogP contribution is 2.25. The average Bonchev–Trinajstić information content (AvgIpc) is 2.89. The first-order valence-corrected chi connectivity index (χ1v) is 5.97. The van der Waals surface area contributed by atoms with Gasteiger partial charge in [-0.2, -0.15) is 0 Å². The summed E-state index contributed by atoms with van der Waals surface area (Å²) >= 11 is 0. The Morgan fingerprint density at radius 1 is 1.42 bits per heavy atom. The number of furan rings is 1. The molecule has 0 fully saturated rings. The van der Waals surface area contributed by atoms with Crippen molar-refractivity contribution < 1.29 is 13.9 Å². The van der Waals surface area contributed by atoms with Gasteiger partial charge in [0, 0.05) is 12.5 Å². The molecule has 0 radical (unpaired) electrons. The first-order valence-electron chi connectivity index (χ1n) is 5.97. The molecular weight excluding hydrogens is 244 g/mol. The van der Waals surface area contributed by atoms with Crippen LogP contribution in [0.5, 0.6) is 5.75 Å². The van der Waals surface area contributed by atoms with Gasteiger partial charge in [-0.25, -0.2) is 0 Å². The van der Waals surface area contributed by atoms with Gasteiger partial charge in [0.2, 0.25) is 0 Å². The average molecular weight is 260 g/mol. The van der Waals surface area contributed by atoms with Gasteiger partial charge in [0.25, 0.3) is 5.91 Å². The molecule has 1 heterocycles. The predicted molar refractivity (Wildman–Crippen MR) is 73.4 cm³/mol. The molecule has 2 aromatic rings. The van der Waals surface area contributed by atoms with E-state index < -0.39 is 0 Å². The highest BCUT2D eigenvalue weighted by molar-refractivity contribution is 6.06. The Labute approximate surface area is 111 Å². The maximum atomic E-state index is 12.1. The normalized spacial score (nSPS) is 10.2. The van der Waals surface area contributed by atoms with Crippen LogP contribution in [-0.4, -0.2) is 13.0 Å². The molecular formula is C14H16N2O3. The second kappa shape index (κ2) is 5.48. The molecule has 1 aromatic heterocycles. The Bertz CT molecular complexity index is 590. The Kier molecular flexibility index (Phi) is 3.75. The van der Waals surface area contributed by atoms with Crippen molar-refractivity contribution in [1.29, 1.82) is 0 Å². The summed E-state index contributed by atoms with van der Waals surface area (Å²) in [4.78, 5) is 12.1. The third-order valence-corrected chi connectivity index (χ3v) is 2.82. The minimum Gasteiger partial charge on any atom is -0.497 e. The van der Waals surface area contributed by atoms with Crippen molar-refractivity contribution in [3.63, 3.8) is 0 Å². The van der Waals surface area contributed by atoms with Gasteiger partial charge in [-0.05, 0) is 18.2 Å². The molecule has 1 aromatic carbocycles. The van der Waals surface area contributed by atoms with Crippen LogP contribution in [-0.2, 0) is 6.42 Å². The van der Waals surface area contributed by atoms with E-state index in [-0.39, 0.29) is 5.91 Å². The fourth-order valence-electron chi connectivity index (χ4n) is 1.78. The molecule has 5 heteroatoms. The highest BCUT2D eigenvalue weighted by Gasteiger charge is 2.14. The van der Waals surface area contributed by atoms with Crippen LogP contribution in [0.4, 0.5) is 11.4 Å². The molecule has 100 valence electrons. The molecule has 0 unspecified atom stereocenters. The zero-order chi connectivity index (χ0) is 13.8. The van der Waals surface area contributed by atoms with Gasteiger partial charge >= 0.3 is 0 Å². The van der Waals surface area contributed by atoms with Crippen LogP contribution < -0.4 is 15.8 Å². The van der Waals surface area contributed by atoms with Crippen LogP contribution in [0.25, 0.3) is 0 Å². The summed E-state index contributed by atoms with van der Waals surface area (Å²) in [7, 11) is 1.56. The molecule has 0 aliphatic heterocycles. The lowest BCUT2D eigenvalue weighted by Gasteiger charge is -2.09. The van der Waals surface area contributed by atoms with Crippen molar-refractivity contribution in [2.75, 3.05) is 18.2 Å². The van der Waals surface area contributed by atoms with Gasteiger partial charge in [-0.3, -0.25) is 4.79 Å². The molecule has 2 rings (SSSR count). The van der Waals surface area contributed by atoms with Gasteiger partial charge in [-0.15, -0.1) is 0 Å². The number of amides is 1. The number of anilines is 2. The van der Waals surface area contributed by atoms with Gasteiger partial charge in [0.1, 0.15) is 11.5 Å². The second-order valence-corrected chi connectivity index (χ2v) is 4.02. The van der Waals surface area contributed by atoms with Crippen molar-refractivity contribution in [2.45, 2.75) is 13.3 Å². The lowest BCUT2D eigenvalue weighted by Crippen LogP contribution is -2.14. The summed E-state index contributed by atoms with van der Waals surface area (Å²) in [6, 6.07) is 6.74. The van der Waals surface area contributed by atoms with Crippen molar-refractivity contribution >= 4 is 17.3 Å². The number of methoxy groups -OCH3 is 1. The van der Waals surface area contributed by atoms with E-state index >= 15 is 0 Å². The van der Waals surface area contributed by atoms with Crippen molar-refractivity contribution in [3.05, 3.63) is 41.9 Å². The number of hydrogen-bond donors (Lipinski definition) is 2. The van der Waals surface area contributed by atoms with E-state index in [0.717, 1.165) is 0 Å². The molecule has 0 aliphatic rings. The highest BCUT2D eigenvalue weighted by atomic mass is 16.5. The fourth-order valence-corrected chi connectivity index (χ4v) is 1.78. The third-order valence-electron chi connectivity index (χ3n) is 2.82. The summed E-state index contributed by atoms with van der Waals surface area (Å²) in [6.45, 7) is 1.93. The maximum absolute atomic E-state index is 12.1. The van der Waals surface area contributed by atoms with Gasteiger partial charge < -0.3 is 20.2 Å². The molecule has 1 amide bonds. The molecule has 0 saturated carbocycles. The Morgan fingerprint density at radius 3 is 2.89 bits per heavy atom. The molecule has 0 aliphatic carbocycles. The van der Waals surface area contributed by atoms with E-state index in [1.54, 1.807) is 31.4 Å². The number of nitrogens with one attached hydrogen (secondary N) is 1. The van der Waals surface area contributed by atoms with Gasteiger partial charge in [0.15, 0.2) is 0 Å². The maximum Gasteiger partial charge on any atom is 0.259 e. The van der Waals surface area contributed by atoms with Crippen LogP contribution >= 0.6 is 0 Å². The number of ether oxygens (including phenoxy) is 1.